The minimum atomic E-state index is -0.672. The van der Waals surface area contributed by atoms with Gasteiger partial charge in [-0.25, -0.2) is 0 Å². The Balaban J connectivity index is 0. The lowest BCUT2D eigenvalue weighted by Crippen LogP contribution is -1.96. The van der Waals surface area contributed by atoms with Gasteiger partial charge in [-0.1, -0.05) is 33.1 Å². The van der Waals surface area contributed by atoms with E-state index in [1.54, 1.807) is 0 Å². The van der Waals surface area contributed by atoms with Crippen molar-refractivity contribution in [1.82, 2.24) is 0 Å². The molecule has 0 aromatic rings. The molecule has 13 heavy (non-hydrogen) atoms. The summed E-state index contributed by atoms with van der Waals surface area (Å²) < 4.78 is 0. The maximum Gasteiger partial charge on any atom is 0.303 e. The van der Waals surface area contributed by atoms with Crippen LogP contribution in [0, 0.1) is 5.92 Å². The Hall–Kier alpha value is -0.570. The van der Waals surface area contributed by atoms with Gasteiger partial charge in [0.25, 0.3) is 0 Å². The average Bonchev–Trinajstić information content (AvgIpc) is 2.15. The fraction of sp³-hybridized carbons (Fsp3) is 0.900. The maximum atomic E-state index is 10.1. The number of unbranched alkanes of at least 4 members (excludes halogenated alkanes) is 1. The molecule has 0 spiro atoms. The van der Waals surface area contributed by atoms with E-state index in [9.17, 15) is 4.79 Å². The van der Waals surface area contributed by atoms with Crippen LogP contribution in [-0.2, 0) is 4.79 Å². The van der Waals surface area contributed by atoms with Gasteiger partial charge in [-0.2, -0.15) is 0 Å². The van der Waals surface area contributed by atoms with E-state index < -0.39 is 5.97 Å². The molecule has 0 rings (SSSR count). The summed E-state index contributed by atoms with van der Waals surface area (Å²) in [6.45, 7) is 4.38. The molecule has 0 aromatic heterocycles. The zero-order chi connectivity index (χ0) is 10.7. The van der Waals surface area contributed by atoms with Gasteiger partial charge in [-0.3, -0.25) is 4.79 Å². The van der Waals surface area contributed by atoms with E-state index in [1.165, 1.54) is 19.9 Å². The van der Waals surface area contributed by atoms with Crippen molar-refractivity contribution in [1.29, 1.82) is 0 Å². The standard InChI is InChI=1S/C9H18O2.CH5N/c1-3-8(2)6-4-5-7-9(10)11;1-2/h8H,3-7H2,1-2H3,(H,10,11);2H2,1H3. The van der Waals surface area contributed by atoms with E-state index in [1.807, 2.05) is 0 Å². The molecule has 0 heterocycles. The number of carbonyl (C=O) groups is 1. The Kier molecular flexibility index (Phi) is 13.1. The third-order valence-corrected chi connectivity index (χ3v) is 2.03. The van der Waals surface area contributed by atoms with Crippen LogP contribution in [0.2, 0.25) is 0 Å². The van der Waals surface area contributed by atoms with Crippen LogP contribution in [-0.4, -0.2) is 18.1 Å². The first kappa shape index (κ1) is 14.9. The highest BCUT2D eigenvalue weighted by Gasteiger charge is 2.00. The lowest BCUT2D eigenvalue weighted by Gasteiger charge is -2.05. The van der Waals surface area contributed by atoms with Crippen LogP contribution in [0.4, 0.5) is 0 Å². The zero-order valence-corrected chi connectivity index (χ0v) is 9.05. The minimum Gasteiger partial charge on any atom is -0.481 e. The number of rotatable bonds is 6. The third-order valence-electron chi connectivity index (χ3n) is 2.03. The van der Waals surface area contributed by atoms with Crippen LogP contribution in [0.3, 0.4) is 0 Å². The monoisotopic (exact) mass is 189 g/mol. The summed E-state index contributed by atoms with van der Waals surface area (Å²) in [5.41, 5.74) is 4.50. The third kappa shape index (κ3) is 14.3. The zero-order valence-electron chi connectivity index (χ0n) is 9.05. The molecule has 0 saturated heterocycles. The predicted molar refractivity (Wildman–Crippen MR) is 55.7 cm³/mol. The van der Waals surface area contributed by atoms with Crippen LogP contribution in [0.25, 0.3) is 0 Å². The molecule has 0 saturated carbocycles. The van der Waals surface area contributed by atoms with Gasteiger partial charge in [0.1, 0.15) is 0 Å². The summed E-state index contributed by atoms with van der Waals surface area (Å²) in [6, 6.07) is 0. The van der Waals surface area contributed by atoms with Crippen LogP contribution in [0.15, 0.2) is 0 Å². The molecule has 80 valence electrons. The first-order valence-electron chi connectivity index (χ1n) is 4.96. The fourth-order valence-electron chi connectivity index (χ4n) is 0.973. The quantitative estimate of drug-likeness (QED) is 0.630. The first-order chi connectivity index (χ1) is 6.16. The maximum absolute atomic E-state index is 10.1. The summed E-state index contributed by atoms with van der Waals surface area (Å²) in [6.07, 6.45) is 4.59. The van der Waals surface area contributed by atoms with E-state index in [0.717, 1.165) is 18.8 Å². The van der Waals surface area contributed by atoms with E-state index >= 15 is 0 Å². The molecule has 0 aliphatic heterocycles. The van der Waals surface area contributed by atoms with Crippen molar-refractivity contribution < 1.29 is 9.90 Å². The highest BCUT2D eigenvalue weighted by molar-refractivity contribution is 5.66. The molecular formula is C10H23NO2. The molecule has 0 radical (unpaired) electrons. The Bertz CT molecular complexity index is 115. The molecule has 0 aromatic carbocycles. The van der Waals surface area contributed by atoms with Crippen LogP contribution >= 0.6 is 0 Å². The Morgan fingerprint density at radius 1 is 1.38 bits per heavy atom. The molecular weight excluding hydrogens is 166 g/mol. The van der Waals surface area contributed by atoms with Crippen molar-refractivity contribution >= 4 is 5.97 Å². The van der Waals surface area contributed by atoms with Gasteiger partial charge in [0.15, 0.2) is 0 Å². The van der Waals surface area contributed by atoms with Gasteiger partial charge < -0.3 is 10.8 Å². The van der Waals surface area contributed by atoms with E-state index in [4.69, 9.17) is 5.11 Å². The number of nitrogens with two attached hydrogens (primary N) is 1. The van der Waals surface area contributed by atoms with E-state index in [0.29, 0.717) is 6.42 Å². The Morgan fingerprint density at radius 3 is 2.31 bits per heavy atom. The van der Waals surface area contributed by atoms with Gasteiger partial charge in [0.2, 0.25) is 0 Å². The van der Waals surface area contributed by atoms with Crippen molar-refractivity contribution in [2.24, 2.45) is 11.7 Å². The van der Waals surface area contributed by atoms with Crippen molar-refractivity contribution in [2.75, 3.05) is 7.05 Å². The molecule has 1 unspecified atom stereocenters. The summed E-state index contributed by atoms with van der Waals surface area (Å²) in [5, 5.41) is 8.34. The number of carboxylic acid groups (broad SMARTS) is 1. The van der Waals surface area contributed by atoms with Crippen molar-refractivity contribution in [3.05, 3.63) is 0 Å². The number of aliphatic carboxylic acids is 1. The smallest absolute Gasteiger partial charge is 0.303 e. The summed E-state index contributed by atoms with van der Waals surface area (Å²) >= 11 is 0. The number of hydrogen-bond acceptors (Lipinski definition) is 2. The van der Waals surface area contributed by atoms with Gasteiger partial charge in [-0.05, 0) is 19.4 Å². The molecule has 0 fully saturated rings. The Labute approximate surface area is 81.3 Å². The predicted octanol–water partition coefficient (Wildman–Crippen LogP) is 2.25. The van der Waals surface area contributed by atoms with Gasteiger partial charge >= 0.3 is 5.97 Å². The largest absolute Gasteiger partial charge is 0.481 e. The molecule has 0 aliphatic rings. The first-order valence-corrected chi connectivity index (χ1v) is 4.96. The highest BCUT2D eigenvalue weighted by Crippen LogP contribution is 2.11. The van der Waals surface area contributed by atoms with Crippen LogP contribution < -0.4 is 5.73 Å². The summed E-state index contributed by atoms with van der Waals surface area (Å²) in [4.78, 5) is 10.1. The summed E-state index contributed by atoms with van der Waals surface area (Å²) in [5.74, 6) is 0.0814. The molecule has 3 heteroatoms. The molecule has 0 bridgehead atoms. The normalized spacial score (nSPS) is 11.4. The fourth-order valence-corrected chi connectivity index (χ4v) is 0.973. The van der Waals surface area contributed by atoms with Crippen LogP contribution in [0.5, 0.6) is 0 Å². The minimum absolute atomic E-state index is 0.330. The molecule has 0 amide bonds. The van der Waals surface area contributed by atoms with E-state index in [2.05, 4.69) is 19.6 Å². The van der Waals surface area contributed by atoms with Crippen molar-refractivity contribution in [3.63, 3.8) is 0 Å². The molecule has 3 nitrogen and oxygen atoms in total. The topological polar surface area (TPSA) is 63.3 Å². The molecule has 1 atom stereocenters. The van der Waals surface area contributed by atoms with E-state index in [-0.39, 0.29) is 0 Å². The van der Waals surface area contributed by atoms with Gasteiger partial charge in [-0.15, -0.1) is 0 Å². The average molecular weight is 189 g/mol. The lowest BCUT2D eigenvalue weighted by atomic mass is 10.0. The van der Waals surface area contributed by atoms with Crippen molar-refractivity contribution in [2.45, 2.75) is 46.0 Å². The number of carboxylic acids is 1. The second-order valence-corrected chi connectivity index (χ2v) is 3.15. The van der Waals surface area contributed by atoms with Gasteiger partial charge in [0, 0.05) is 6.42 Å². The van der Waals surface area contributed by atoms with Crippen molar-refractivity contribution in [3.8, 4) is 0 Å². The molecule has 3 N–H and O–H groups in total. The SMILES string of the molecule is CCC(C)CCCCC(=O)O.CN. The van der Waals surface area contributed by atoms with Crippen LogP contribution in [0.1, 0.15) is 46.0 Å². The second kappa shape index (κ2) is 11.4. The molecule has 0 aliphatic carbocycles. The second-order valence-electron chi connectivity index (χ2n) is 3.15. The van der Waals surface area contributed by atoms with Gasteiger partial charge in [0.05, 0.1) is 0 Å². The Morgan fingerprint density at radius 2 is 1.92 bits per heavy atom. The summed E-state index contributed by atoms with van der Waals surface area (Å²) in [7, 11) is 1.50. The highest BCUT2D eigenvalue weighted by atomic mass is 16.4. The lowest BCUT2D eigenvalue weighted by molar-refractivity contribution is -0.137. The number of hydrogen-bond donors (Lipinski definition) is 2.